The summed E-state index contributed by atoms with van der Waals surface area (Å²) in [4.78, 5) is 16.2. The van der Waals surface area contributed by atoms with E-state index < -0.39 is 5.24 Å². The summed E-state index contributed by atoms with van der Waals surface area (Å²) in [6, 6.07) is 6.15. The Labute approximate surface area is 219 Å². The molecule has 4 heterocycles. The van der Waals surface area contributed by atoms with Gasteiger partial charge in [0.25, 0.3) is 5.91 Å². The second-order valence-electron chi connectivity index (χ2n) is 11.4. The first-order valence-corrected chi connectivity index (χ1v) is 13.4. The number of benzene rings is 1. The van der Waals surface area contributed by atoms with Crippen molar-refractivity contribution in [2.45, 2.75) is 44.6 Å². The first kappa shape index (κ1) is 25.0. The van der Waals surface area contributed by atoms with Crippen LogP contribution in [-0.2, 0) is 17.8 Å². The number of carbonyl (C=O) groups is 1. The molecule has 1 aromatic carbocycles. The topological polar surface area (TPSA) is 65.8 Å². The van der Waals surface area contributed by atoms with Crippen LogP contribution in [-0.4, -0.2) is 75.2 Å². The molecule has 1 amide bonds. The Morgan fingerprint density at radius 2 is 2.08 bits per heavy atom. The highest BCUT2D eigenvalue weighted by Gasteiger charge is 2.48. The molecule has 2 aliphatic heterocycles. The fraction of sp³-hybridized carbons (Fsp3) is 0.440. The SMILES string of the molecule is BC(B)(B)N(C(=O)c1nn(-c2ccsc2)c2c1COc1cc(OC)c(CC(C)C)cc1-2)C1(C)COC1. The Bertz CT molecular complexity index is 1300. The van der Waals surface area contributed by atoms with Gasteiger partial charge in [-0.2, -0.15) is 16.4 Å². The van der Waals surface area contributed by atoms with E-state index >= 15 is 0 Å². The summed E-state index contributed by atoms with van der Waals surface area (Å²) in [7, 11) is 7.88. The molecule has 0 aliphatic carbocycles. The number of fused-ring (bicyclic) bond motifs is 3. The van der Waals surface area contributed by atoms with Crippen LogP contribution in [0, 0.1) is 5.92 Å². The highest BCUT2D eigenvalue weighted by atomic mass is 32.1. The number of nitrogens with zero attached hydrogens (tertiary/aromatic N) is 3. The molecule has 5 rings (SSSR count). The lowest BCUT2D eigenvalue weighted by atomic mass is 9.47. The Kier molecular flexibility index (Phi) is 6.28. The number of ether oxygens (including phenoxy) is 3. The van der Waals surface area contributed by atoms with Crippen LogP contribution >= 0.6 is 11.3 Å². The van der Waals surface area contributed by atoms with Gasteiger partial charge in [0.2, 0.25) is 0 Å². The van der Waals surface area contributed by atoms with Crippen molar-refractivity contribution in [3.63, 3.8) is 0 Å². The largest absolute Gasteiger partial charge is 0.496 e. The lowest BCUT2D eigenvalue weighted by Gasteiger charge is -2.53. The number of aromatic nitrogens is 2. The normalized spacial score (nSPS) is 16.0. The van der Waals surface area contributed by atoms with Crippen molar-refractivity contribution in [3.05, 3.63) is 45.8 Å². The van der Waals surface area contributed by atoms with Gasteiger partial charge >= 0.3 is 0 Å². The smallest absolute Gasteiger partial charge is 0.273 e. The molecule has 11 heteroatoms. The number of thiophene rings is 1. The second-order valence-corrected chi connectivity index (χ2v) is 12.2. The van der Waals surface area contributed by atoms with Gasteiger partial charge in [0.1, 0.15) is 41.6 Å². The quantitative estimate of drug-likeness (QED) is 0.457. The molecular weight excluding hydrogens is 471 g/mol. The molecule has 0 radical (unpaired) electrons. The van der Waals surface area contributed by atoms with Crippen molar-refractivity contribution in [3.8, 4) is 28.4 Å². The predicted octanol–water partition coefficient (Wildman–Crippen LogP) is 1.44. The van der Waals surface area contributed by atoms with Gasteiger partial charge < -0.3 is 19.1 Å². The van der Waals surface area contributed by atoms with Gasteiger partial charge in [0, 0.05) is 22.6 Å². The third-order valence-corrected chi connectivity index (χ3v) is 7.49. The maximum absolute atomic E-state index is 14.2. The van der Waals surface area contributed by atoms with Crippen molar-refractivity contribution in [2.24, 2.45) is 5.92 Å². The maximum atomic E-state index is 14.2. The Hall–Kier alpha value is -2.65. The molecule has 186 valence electrons. The average molecular weight is 503 g/mol. The van der Waals surface area contributed by atoms with Crippen LogP contribution in [0.3, 0.4) is 0 Å². The minimum Gasteiger partial charge on any atom is -0.496 e. The van der Waals surface area contributed by atoms with E-state index in [0.717, 1.165) is 46.0 Å². The van der Waals surface area contributed by atoms with Crippen LogP contribution in [0.2, 0.25) is 0 Å². The van der Waals surface area contributed by atoms with E-state index in [-0.39, 0.29) is 18.1 Å². The van der Waals surface area contributed by atoms with E-state index in [0.29, 0.717) is 24.8 Å². The van der Waals surface area contributed by atoms with Gasteiger partial charge in [-0.05, 0) is 47.6 Å². The lowest BCUT2D eigenvalue weighted by Crippen LogP contribution is -2.70. The molecule has 0 spiro atoms. The van der Waals surface area contributed by atoms with Gasteiger partial charge in [-0.3, -0.25) is 4.79 Å². The first-order valence-electron chi connectivity index (χ1n) is 12.4. The van der Waals surface area contributed by atoms with E-state index in [1.54, 1.807) is 18.4 Å². The summed E-state index contributed by atoms with van der Waals surface area (Å²) < 4.78 is 19.4. The fourth-order valence-electron chi connectivity index (χ4n) is 5.44. The molecule has 0 bridgehead atoms. The number of methoxy groups -OCH3 is 1. The van der Waals surface area contributed by atoms with Gasteiger partial charge in [-0.15, -0.1) is 0 Å². The monoisotopic (exact) mass is 503 g/mol. The lowest BCUT2D eigenvalue weighted by molar-refractivity contribution is -0.117. The molecule has 0 N–H and O–H groups in total. The van der Waals surface area contributed by atoms with E-state index in [1.807, 2.05) is 27.1 Å². The molecule has 0 saturated carbocycles. The van der Waals surface area contributed by atoms with Crippen LogP contribution in [0.1, 0.15) is 42.4 Å². The standard InChI is InChI=1S/C25H32B3N3O4S/c1-14(2)7-15-8-17-20(9-19(15)33-4)35-10-18-21(29-30(22(17)18)16-5-6-36-11-16)23(32)31(25(26,27)28)24(3)12-34-13-24/h5-6,8-9,11,14H,7,10,12-13,26-28H2,1-4H3. The molecule has 7 nitrogen and oxygen atoms in total. The molecule has 36 heavy (non-hydrogen) atoms. The third kappa shape index (κ3) is 4.16. The van der Waals surface area contributed by atoms with Gasteiger partial charge in [0.05, 0.1) is 37.2 Å². The zero-order valence-corrected chi connectivity index (χ0v) is 23.0. The van der Waals surface area contributed by atoms with Crippen molar-refractivity contribution >= 4 is 40.8 Å². The van der Waals surface area contributed by atoms with Crippen molar-refractivity contribution < 1.29 is 19.0 Å². The summed E-state index contributed by atoms with van der Waals surface area (Å²) in [5.74, 6) is 1.93. The van der Waals surface area contributed by atoms with E-state index in [4.69, 9.17) is 19.3 Å². The zero-order chi connectivity index (χ0) is 25.8. The minimum atomic E-state index is -0.403. The Morgan fingerprint density at radius 1 is 1.33 bits per heavy atom. The molecule has 1 saturated heterocycles. The van der Waals surface area contributed by atoms with Gasteiger partial charge in [-0.25, -0.2) is 4.68 Å². The van der Waals surface area contributed by atoms with Crippen molar-refractivity contribution in [1.29, 1.82) is 0 Å². The number of rotatable bonds is 7. The van der Waals surface area contributed by atoms with E-state index in [9.17, 15) is 4.79 Å². The summed E-state index contributed by atoms with van der Waals surface area (Å²) in [5, 5.41) is 8.63. The van der Waals surface area contributed by atoms with Crippen LogP contribution < -0.4 is 9.47 Å². The summed E-state index contributed by atoms with van der Waals surface area (Å²) in [5.41, 5.74) is 4.78. The van der Waals surface area contributed by atoms with Gasteiger partial charge in [-0.1, -0.05) is 13.8 Å². The third-order valence-electron chi connectivity index (χ3n) is 6.81. The number of hydrogen-bond acceptors (Lipinski definition) is 6. The highest BCUT2D eigenvalue weighted by Crippen LogP contribution is 2.44. The minimum absolute atomic E-state index is 0.0958. The van der Waals surface area contributed by atoms with Crippen LogP contribution in [0.25, 0.3) is 16.9 Å². The fourth-order valence-corrected chi connectivity index (χ4v) is 6.06. The molecule has 0 unspecified atom stereocenters. The average Bonchev–Trinajstić information content (AvgIpc) is 3.44. The summed E-state index contributed by atoms with van der Waals surface area (Å²) >= 11 is 1.61. The summed E-state index contributed by atoms with van der Waals surface area (Å²) in [6.07, 6.45) is 0.875. The number of amides is 1. The molecule has 2 aliphatic rings. The maximum Gasteiger partial charge on any atom is 0.273 e. The Morgan fingerprint density at radius 3 is 2.64 bits per heavy atom. The van der Waals surface area contributed by atoms with E-state index in [2.05, 4.69) is 55.8 Å². The number of carbonyl (C=O) groups excluding carboxylic acids is 1. The first-order chi connectivity index (χ1) is 17.0. The molecule has 3 aromatic rings. The predicted molar refractivity (Wildman–Crippen MR) is 150 cm³/mol. The van der Waals surface area contributed by atoms with E-state index in [1.165, 1.54) is 0 Å². The zero-order valence-electron chi connectivity index (χ0n) is 22.2. The second kappa shape index (κ2) is 9.03. The Balaban J connectivity index is 1.71. The molecule has 0 atom stereocenters. The highest BCUT2D eigenvalue weighted by molar-refractivity contribution is 7.08. The molecule has 1 fully saturated rings. The molecule has 2 aromatic heterocycles. The van der Waals surface area contributed by atoms with Crippen molar-refractivity contribution in [2.75, 3.05) is 20.3 Å². The number of hydrogen-bond donors (Lipinski definition) is 0. The van der Waals surface area contributed by atoms with Crippen LogP contribution in [0.4, 0.5) is 0 Å². The van der Waals surface area contributed by atoms with Crippen LogP contribution in [0.5, 0.6) is 11.5 Å². The summed E-state index contributed by atoms with van der Waals surface area (Å²) in [6.45, 7) is 7.77. The van der Waals surface area contributed by atoms with Crippen molar-refractivity contribution in [1.82, 2.24) is 14.7 Å². The molecular formula is C25H32B3N3O4S. The van der Waals surface area contributed by atoms with Crippen LogP contribution in [0.15, 0.2) is 29.0 Å². The van der Waals surface area contributed by atoms with Gasteiger partial charge in [0.15, 0.2) is 5.69 Å².